The molecule has 0 aromatic heterocycles. The van der Waals surface area contributed by atoms with Crippen molar-refractivity contribution in [3.63, 3.8) is 0 Å². The van der Waals surface area contributed by atoms with Crippen molar-refractivity contribution in [3.8, 4) is 0 Å². The zero-order chi connectivity index (χ0) is 12.3. The molecule has 0 aromatic rings. The predicted molar refractivity (Wildman–Crippen MR) is 53.2 cm³/mol. The van der Waals surface area contributed by atoms with Crippen LogP contribution in [-0.2, 0) is 9.59 Å². The molecule has 1 atom stereocenters. The molecular formula is C8H18N2O5. The average Bonchev–Trinajstić information content (AvgIpc) is 2.17. The lowest BCUT2D eigenvalue weighted by atomic mass is 10.1. The number of hydrogen-bond acceptors (Lipinski definition) is 5. The molecule has 0 aliphatic carbocycles. The van der Waals surface area contributed by atoms with Gasteiger partial charge in [0.25, 0.3) is 0 Å². The Labute approximate surface area is 87.7 Å². The Bertz CT molecular complexity index is 184. The number of carbonyl (C=O) groups is 2. The highest BCUT2D eigenvalue weighted by molar-refractivity contribution is 5.73. The minimum absolute atomic E-state index is 0.0268. The summed E-state index contributed by atoms with van der Waals surface area (Å²) in [5.74, 6) is -2.02. The number of aliphatic carboxylic acids is 2. The molecule has 0 aromatic carbocycles. The van der Waals surface area contributed by atoms with Crippen LogP contribution in [-0.4, -0.2) is 46.5 Å². The van der Waals surface area contributed by atoms with Crippen molar-refractivity contribution in [3.05, 3.63) is 0 Å². The van der Waals surface area contributed by atoms with Crippen molar-refractivity contribution in [2.45, 2.75) is 25.3 Å². The van der Waals surface area contributed by atoms with Gasteiger partial charge in [-0.3, -0.25) is 9.59 Å². The summed E-state index contributed by atoms with van der Waals surface area (Å²) in [6.07, 6.45) is 0.491. The van der Waals surface area contributed by atoms with Crippen LogP contribution in [0.15, 0.2) is 0 Å². The number of hydrogen-bond donors (Lipinski definition) is 5. The molecule has 0 fully saturated rings. The quantitative estimate of drug-likeness (QED) is 0.371. The highest BCUT2D eigenvalue weighted by Gasteiger charge is 2.10. The van der Waals surface area contributed by atoms with Crippen LogP contribution in [0.3, 0.4) is 0 Å². The van der Waals surface area contributed by atoms with E-state index in [0.717, 1.165) is 0 Å². The van der Waals surface area contributed by atoms with Gasteiger partial charge in [-0.1, -0.05) is 0 Å². The highest BCUT2D eigenvalue weighted by Crippen LogP contribution is 1.98. The zero-order valence-corrected chi connectivity index (χ0v) is 8.43. The van der Waals surface area contributed by atoms with Gasteiger partial charge in [-0.15, -0.1) is 0 Å². The van der Waals surface area contributed by atoms with E-state index in [0.29, 0.717) is 13.0 Å². The van der Waals surface area contributed by atoms with Gasteiger partial charge < -0.3 is 26.8 Å². The van der Waals surface area contributed by atoms with Crippen LogP contribution in [0.4, 0.5) is 0 Å². The first kappa shape index (κ1) is 16.3. The monoisotopic (exact) mass is 222 g/mol. The number of aliphatic hydroxyl groups excluding tert-OH is 1. The molecule has 0 aliphatic rings. The van der Waals surface area contributed by atoms with Crippen LogP contribution >= 0.6 is 0 Å². The van der Waals surface area contributed by atoms with Crippen LogP contribution < -0.4 is 11.5 Å². The second-order valence-corrected chi connectivity index (χ2v) is 2.74. The minimum Gasteiger partial charge on any atom is -0.481 e. The summed E-state index contributed by atoms with van der Waals surface area (Å²) in [5.41, 5.74) is 9.89. The second-order valence-electron chi connectivity index (χ2n) is 2.74. The lowest BCUT2D eigenvalue weighted by Crippen LogP contribution is -2.29. The highest BCUT2D eigenvalue weighted by atomic mass is 16.4. The van der Waals surface area contributed by atoms with Gasteiger partial charge in [0, 0.05) is 13.0 Å². The number of nitrogens with two attached hydrogens (primary N) is 2. The van der Waals surface area contributed by atoms with Crippen molar-refractivity contribution in [1.29, 1.82) is 0 Å². The molecule has 0 bridgehead atoms. The molecule has 7 nitrogen and oxygen atoms in total. The Morgan fingerprint density at radius 1 is 1.27 bits per heavy atom. The van der Waals surface area contributed by atoms with Crippen molar-refractivity contribution in [1.82, 2.24) is 0 Å². The SMILES string of the molecule is NC(CCCC(=O)O)C(=O)O.NCCO. The fourth-order valence-corrected chi connectivity index (χ4v) is 0.597. The van der Waals surface area contributed by atoms with E-state index in [2.05, 4.69) is 0 Å². The standard InChI is InChI=1S/C6H11NO4.C2H7NO/c7-4(6(10)11)2-1-3-5(8)9;3-1-2-4/h4H,1-3,7H2,(H,8,9)(H,10,11);4H,1-3H2. The largest absolute Gasteiger partial charge is 0.481 e. The molecule has 1 unspecified atom stereocenters. The summed E-state index contributed by atoms with van der Waals surface area (Å²) in [6.45, 7) is 0.472. The molecule has 0 radical (unpaired) electrons. The molecular weight excluding hydrogens is 204 g/mol. The Hall–Kier alpha value is -1.18. The smallest absolute Gasteiger partial charge is 0.320 e. The van der Waals surface area contributed by atoms with E-state index in [1.54, 1.807) is 0 Å². The van der Waals surface area contributed by atoms with Crippen LogP contribution in [0.1, 0.15) is 19.3 Å². The Balaban J connectivity index is 0. The molecule has 0 spiro atoms. The average molecular weight is 222 g/mol. The third kappa shape index (κ3) is 15.6. The first-order valence-electron chi connectivity index (χ1n) is 4.46. The third-order valence-electron chi connectivity index (χ3n) is 1.35. The topological polar surface area (TPSA) is 147 Å². The van der Waals surface area contributed by atoms with Crippen LogP contribution in [0, 0.1) is 0 Å². The summed E-state index contributed by atoms with van der Waals surface area (Å²) in [7, 11) is 0. The van der Waals surface area contributed by atoms with Crippen LogP contribution in [0.2, 0.25) is 0 Å². The molecule has 0 aliphatic heterocycles. The summed E-state index contributed by atoms with van der Waals surface area (Å²) in [6, 6.07) is -0.936. The Morgan fingerprint density at radius 2 is 1.73 bits per heavy atom. The van der Waals surface area contributed by atoms with Gasteiger partial charge in [0.1, 0.15) is 6.04 Å². The molecule has 0 saturated carbocycles. The molecule has 0 saturated heterocycles. The van der Waals surface area contributed by atoms with E-state index in [-0.39, 0.29) is 19.4 Å². The number of carboxylic acids is 2. The van der Waals surface area contributed by atoms with E-state index in [1.165, 1.54) is 0 Å². The van der Waals surface area contributed by atoms with Gasteiger partial charge in [-0.2, -0.15) is 0 Å². The minimum atomic E-state index is -1.09. The van der Waals surface area contributed by atoms with Gasteiger partial charge >= 0.3 is 11.9 Å². The maximum atomic E-state index is 10.1. The molecule has 7 N–H and O–H groups in total. The summed E-state index contributed by atoms with van der Waals surface area (Å²) < 4.78 is 0. The molecule has 0 amide bonds. The first-order valence-corrected chi connectivity index (χ1v) is 4.46. The fraction of sp³-hybridized carbons (Fsp3) is 0.750. The maximum absolute atomic E-state index is 10.1. The molecule has 15 heavy (non-hydrogen) atoms. The lowest BCUT2D eigenvalue weighted by molar-refractivity contribution is -0.140. The summed E-state index contributed by atoms with van der Waals surface area (Å²) >= 11 is 0. The number of carboxylic acid groups (broad SMARTS) is 2. The molecule has 0 rings (SSSR count). The third-order valence-corrected chi connectivity index (χ3v) is 1.35. The van der Waals surface area contributed by atoms with Crippen molar-refractivity contribution in [2.75, 3.05) is 13.2 Å². The zero-order valence-electron chi connectivity index (χ0n) is 8.43. The second kappa shape index (κ2) is 10.9. The number of rotatable bonds is 6. The number of aliphatic hydroxyl groups is 1. The van der Waals surface area contributed by atoms with Crippen LogP contribution in [0.5, 0.6) is 0 Å². The Kier molecular flexibility index (Phi) is 11.8. The fourth-order valence-electron chi connectivity index (χ4n) is 0.597. The van der Waals surface area contributed by atoms with Crippen molar-refractivity contribution >= 4 is 11.9 Å². The molecule has 90 valence electrons. The van der Waals surface area contributed by atoms with Gasteiger partial charge in [-0.05, 0) is 12.8 Å². The van der Waals surface area contributed by atoms with Crippen molar-refractivity contribution in [2.24, 2.45) is 11.5 Å². The van der Waals surface area contributed by atoms with Gasteiger partial charge in [0.15, 0.2) is 0 Å². The van der Waals surface area contributed by atoms with Gasteiger partial charge in [0.05, 0.1) is 6.61 Å². The van der Waals surface area contributed by atoms with E-state index in [1.807, 2.05) is 0 Å². The summed E-state index contributed by atoms with van der Waals surface area (Å²) in [4.78, 5) is 20.1. The van der Waals surface area contributed by atoms with E-state index in [9.17, 15) is 9.59 Å². The Morgan fingerprint density at radius 3 is 2.00 bits per heavy atom. The summed E-state index contributed by atoms with van der Waals surface area (Å²) in [5, 5.41) is 24.2. The van der Waals surface area contributed by atoms with E-state index < -0.39 is 18.0 Å². The molecule has 0 heterocycles. The van der Waals surface area contributed by atoms with Gasteiger partial charge in [0.2, 0.25) is 0 Å². The van der Waals surface area contributed by atoms with E-state index in [4.69, 9.17) is 26.8 Å². The van der Waals surface area contributed by atoms with E-state index >= 15 is 0 Å². The van der Waals surface area contributed by atoms with Crippen molar-refractivity contribution < 1.29 is 24.9 Å². The maximum Gasteiger partial charge on any atom is 0.320 e. The lowest BCUT2D eigenvalue weighted by Gasteiger charge is -2.02. The first-order chi connectivity index (χ1) is 6.95. The van der Waals surface area contributed by atoms with Crippen LogP contribution in [0.25, 0.3) is 0 Å². The molecule has 7 heteroatoms. The normalized spacial score (nSPS) is 11.1. The van der Waals surface area contributed by atoms with Gasteiger partial charge in [-0.25, -0.2) is 0 Å². The predicted octanol–water partition coefficient (Wildman–Crippen LogP) is -1.41.